The third kappa shape index (κ3) is 5.89. The molecular weight excluding hydrogens is 536 g/mol. The summed E-state index contributed by atoms with van der Waals surface area (Å²) in [6.45, 7) is 1.98. The van der Waals surface area contributed by atoms with Crippen LogP contribution in [-0.4, -0.2) is 82.6 Å². The number of hydrogen-bond acceptors (Lipinski definition) is 7. The predicted molar refractivity (Wildman–Crippen MR) is 149 cm³/mol. The number of likely N-dealkylation sites (tertiary alicyclic amines) is 1. The van der Waals surface area contributed by atoms with Gasteiger partial charge in [0, 0.05) is 43.5 Å². The number of anilines is 4. The fourth-order valence-corrected chi connectivity index (χ4v) is 5.86. The molecule has 0 bridgehead atoms. The van der Waals surface area contributed by atoms with E-state index in [2.05, 4.69) is 20.6 Å². The molecule has 1 saturated heterocycles. The standard InChI is InChI=1S/C28H35F2N7O4/c1-3-17-14-18(24(38)32-19-10-12-36(13-11-19)27(40)41)8-9-21(17)33-26-31-15-22-23(34-26)37(20-6-4-5-7-20)16-28(29,30)25(39)35(22)2/h8-9,14-15,19-20H,3-7,10-13,16H2,1-2H3,(H,32,38)(H,40,41)(H,31,33,34). The molecule has 3 heterocycles. The summed E-state index contributed by atoms with van der Waals surface area (Å²) >= 11 is 0. The highest BCUT2D eigenvalue weighted by Gasteiger charge is 2.48. The van der Waals surface area contributed by atoms with Crippen LogP contribution in [0.4, 0.5) is 36.7 Å². The molecule has 11 nitrogen and oxygen atoms in total. The SMILES string of the molecule is CCc1cc(C(=O)NC2CCN(C(=O)O)CC2)ccc1Nc1ncc2c(n1)N(C1CCCC1)CC(F)(F)C(=O)N2C. The average Bonchev–Trinajstić information content (AvgIpc) is 3.48. The third-order valence-electron chi connectivity index (χ3n) is 8.23. The maximum absolute atomic E-state index is 14.9. The second-order valence-corrected chi connectivity index (χ2v) is 10.9. The smallest absolute Gasteiger partial charge is 0.407 e. The Balaban J connectivity index is 1.35. The fraction of sp³-hybridized carbons (Fsp3) is 0.536. The number of carbonyl (C=O) groups is 3. The summed E-state index contributed by atoms with van der Waals surface area (Å²) in [6.07, 6.45) is 5.53. The minimum absolute atomic E-state index is 0.103. The highest BCUT2D eigenvalue weighted by molar-refractivity contribution is 6.02. The Kier molecular flexibility index (Phi) is 7.96. The zero-order valence-electron chi connectivity index (χ0n) is 23.2. The Morgan fingerprint density at radius 2 is 1.85 bits per heavy atom. The van der Waals surface area contributed by atoms with Crippen molar-refractivity contribution in [3.05, 3.63) is 35.5 Å². The lowest BCUT2D eigenvalue weighted by molar-refractivity contribution is -0.140. The van der Waals surface area contributed by atoms with Crippen LogP contribution in [0, 0.1) is 0 Å². The number of fused-ring (bicyclic) bond motifs is 1. The van der Waals surface area contributed by atoms with Crippen LogP contribution >= 0.6 is 0 Å². The van der Waals surface area contributed by atoms with E-state index in [-0.39, 0.29) is 29.6 Å². The van der Waals surface area contributed by atoms with E-state index in [9.17, 15) is 23.2 Å². The molecule has 41 heavy (non-hydrogen) atoms. The molecule has 2 aliphatic heterocycles. The van der Waals surface area contributed by atoms with Crippen molar-refractivity contribution in [3.63, 3.8) is 0 Å². The average molecular weight is 572 g/mol. The van der Waals surface area contributed by atoms with Gasteiger partial charge in [-0.2, -0.15) is 13.8 Å². The topological polar surface area (TPSA) is 131 Å². The minimum Gasteiger partial charge on any atom is -0.465 e. The number of hydrogen-bond donors (Lipinski definition) is 3. The number of piperidine rings is 1. The van der Waals surface area contributed by atoms with Gasteiger partial charge in [-0.15, -0.1) is 0 Å². The van der Waals surface area contributed by atoms with Crippen LogP contribution in [0.2, 0.25) is 0 Å². The Morgan fingerprint density at radius 3 is 2.51 bits per heavy atom. The molecule has 1 saturated carbocycles. The van der Waals surface area contributed by atoms with Gasteiger partial charge in [0.05, 0.1) is 12.7 Å². The van der Waals surface area contributed by atoms with E-state index in [1.165, 1.54) is 18.1 Å². The van der Waals surface area contributed by atoms with E-state index >= 15 is 0 Å². The lowest BCUT2D eigenvalue weighted by Gasteiger charge is -2.31. The van der Waals surface area contributed by atoms with Crippen LogP contribution in [0.1, 0.15) is 61.4 Å². The molecule has 0 atom stereocenters. The molecule has 1 aromatic carbocycles. The summed E-state index contributed by atoms with van der Waals surface area (Å²) in [4.78, 5) is 49.4. The highest BCUT2D eigenvalue weighted by atomic mass is 19.3. The number of benzene rings is 1. The van der Waals surface area contributed by atoms with Gasteiger partial charge < -0.3 is 30.4 Å². The lowest BCUT2D eigenvalue weighted by Crippen LogP contribution is -2.48. The van der Waals surface area contributed by atoms with Gasteiger partial charge in [0.25, 0.3) is 11.8 Å². The molecule has 220 valence electrons. The van der Waals surface area contributed by atoms with E-state index in [0.29, 0.717) is 49.4 Å². The molecule has 0 spiro atoms. The number of amides is 3. The Hall–Kier alpha value is -4.03. The first kappa shape index (κ1) is 28.5. The summed E-state index contributed by atoms with van der Waals surface area (Å²) in [6, 6.07) is 4.99. The van der Waals surface area contributed by atoms with Crippen molar-refractivity contribution >= 4 is 41.0 Å². The lowest BCUT2D eigenvalue weighted by atomic mass is 10.0. The number of carboxylic acid groups (broad SMARTS) is 1. The van der Waals surface area contributed by atoms with E-state index in [4.69, 9.17) is 5.11 Å². The maximum Gasteiger partial charge on any atom is 0.407 e. The first-order chi connectivity index (χ1) is 19.6. The van der Waals surface area contributed by atoms with E-state index in [0.717, 1.165) is 36.1 Å². The van der Waals surface area contributed by atoms with Gasteiger partial charge in [-0.1, -0.05) is 19.8 Å². The van der Waals surface area contributed by atoms with Crippen molar-refractivity contribution in [1.82, 2.24) is 20.2 Å². The number of carbonyl (C=O) groups excluding carboxylic acids is 2. The number of rotatable bonds is 6. The van der Waals surface area contributed by atoms with Crippen molar-refractivity contribution in [2.45, 2.75) is 69.9 Å². The van der Waals surface area contributed by atoms with Crippen molar-refractivity contribution in [2.24, 2.45) is 0 Å². The van der Waals surface area contributed by atoms with E-state index in [1.807, 2.05) is 6.92 Å². The molecule has 3 amide bonds. The Bertz CT molecular complexity index is 1330. The zero-order chi connectivity index (χ0) is 29.3. The summed E-state index contributed by atoms with van der Waals surface area (Å²) in [5, 5.41) is 15.3. The van der Waals surface area contributed by atoms with Crippen LogP contribution in [0.15, 0.2) is 24.4 Å². The monoisotopic (exact) mass is 571 g/mol. The quantitative estimate of drug-likeness (QED) is 0.474. The summed E-state index contributed by atoms with van der Waals surface area (Å²) < 4.78 is 29.7. The van der Waals surface area contributed by atoms with Crippen molar-refractivity contribution in [2.75, 3.05) is 41.8 Å². The molecule has 3 N–H and O–H groups in total. The number of nitrogens with zero attached hydrogens (tertiary/aromatic N) is 5. The number of aryl methyl sites for hydroxylation is 1. The summed E-state index contributed by atoms with van der Waals surface area (Å²) in [5.74, 6) is -4.56. The van der Waals surface area contributed by atoms with E-state index < -0.39 is 24.5 Å². The van der Waals surface area contributed by atoms with Gasteiger partial charge in [-0.25, -0.2) is 9.78 Å². The van der Waals surface area contributed by atoms with Gasteiger partial charge in [0.2, 0.25) is 5.95 Å². The van der Waals surface area contributed by atoms with Crippen LogP contribution in [0.5, 0.6) is 0 Å². The molecule has 0 unspecified atom stereocenters. The molecular formula is C28H35F2N7O4. The van der Waals surface area contributed by atoms with Crippen molar-refractivity contribution in [1.29, 1.82) is 0 Å². The molecule has 0 radical (unpaired) electrons. The molecule has 3 aliphatic rings. The molecule has 2 fully saturated rings. The second kappa shape index (κ2) is 11.5. The first-order valence-corrected chi connectivity index (χ1v) is 14.1. The maximum atomic E-state index is 14.9. The molecule has 13 heteroatoms. The zero-order valence-corrected chi connectivity index (χ0v) is 23.2. The van der Waals surface area contributed by atoms with Gasteiger partial charge in [-0.05, 0) is 55.9 Å². The number of alkyl halides is 2. The molecule has 1 aliphatic carbocycles. The van der Waals surface area contributed by atoms with Crippen LogP contribution in [0.25, 0.3) is 0 Å². The van der Waals surface area contributed by atoms with Crippen molar-refractivity contribution < 1.29 is 28.3 Å². The number of halogens is 2. The van der Waals surface area contributed by atoms with Gasteiger partial charge >= 0.3 is 12.0 Å². The normalized spacial score (nSPS) is 19.6. The number of aromatic nitrogens is 2. The third-order valence-corrected chi connectivity index (χ3v) is 8.23. The van der Waals surface area contributed by atoms with Gasteiger partial charge in [0.15, 0.2) is 5.82 Å². The summed E-state index contributed by atoms with van der Waals surface area (Å²) in [5.41, 5.74) is 2.23. The fourth-order valence-electron chi connectivity index (χ4n) is 5.86. The van der Waals surface area contributed by atoms with Gasteiger partial charge in [-0.3, -0.25) is 9.59 Å². The number of nitrogens with one attached hydrogen (secondary N) is 2. The summed E-state index contributed by atoms with van der Waals surface area (Å²) in [7, 11) is 1.32. The predicted octanol–water partition coefficient (Wildman–Crippen LogP) is 4.02. The van der Waals surface area contributed by atoms with E-state index in [1.54, 1.807) is 23.1 Å². The second-order valence-electron chi connectivity index (χ2n) is 10.9. The largest absolute Gasteiger partial charge is 0.465 e. The minimum atomic E-state index is -3.55. The van der Waals surface area contributed by atoms with Crippen LogP contribution in [0.3, 0.4) is 0 Å². The van der Waals surface area contributed by atoms with Gasteiger partial charge in [0.1, 0.15) is 5.69 Å². The van der Waals surface area contributed by atoms with Crippen LogP contribution < -0.4 is 20.4 Å². The first-order valence-electron chi connectivity index (χ1n) is 14.1. The Labute approximate surface area is 236 Å². The molecule has 1 aromatic heterocycles. The van der Waals surface area contributed by atoms with Crippen LogP contribution in [-0.2, 0) is 11.2 Å². The highest BCUT2D eigenvalue weighted by Crippen LogP contribution is 2.39. The van der Waals surface area contributed by atoms with Crippen molar-refractivity contribution in [3.8, 4) is 0 Å². The molecule has 5 rings (SSSR count). The Morgan fingerprint density at radius 1 is 1.15 bits per heavy atom. The molecule has 2 aromatic rings.